The molecule has 0 saturated carbocycles. The third-order valence-electron chi connectivity index (χ3n) is 5.39. The van der Waals surface area contributed by atoms with Crippen molar-refractivity contribution in [1.29, 1.82) is 0 Å². The Morgan fingerprint density at radius 1 is 1.37 bits per heavy atom. The fraction of sp³-hybridized carbons (Fsp3) is 0.476. The molecule has 1 aromatic carbocycles. The predicted octanol–water partition coefficient (Wildman–Crippen LogP) is 2.94. The molecule has 6 nitrogen and oxygen atoms in total. The van der Waals surface area contributed by atoms with E-state index in [4.69, 9.17) is 9.47 Å². The molecule has 0 aliphatic carbocycles. The summed E-state index contributed by atoms with van der Waals surface area (Å²) in [5.74, 6) is 0. The molecule has 144 valence electrons. The molecular weight excluding hydrogens is 342 g/mol. The van der Waals surface area contributed by atoms with E-state index < -0.39 is 0 Å². The standard InChI is InChI=1S/C21H27N3O3/c1-2-15-4-3-5-18-19(13-22-20(15)18)16-6-8-24(9-7-16)21(25)23-12-17-14-26-10-11-27-17/h3-6,13,17,22H,2,7-12,14H2,1H3,(H,23,25)/t17-/m1/s1. The number of hydrogen-bond donors (Lipinski definition) is 2. The quantitative estimate of drug-likeness (QED) is 0.871. The van der Waals surface area contributed by atoms with Crippen LogP contribution in [-0.2, 0) is 15.9 Å². The molecule has 0 spiro atoms. The Hall–Kier alpha value is -2.31. The fourth-order valence-electron chi connectivity index (χ4n) is 3.84. The first-order chi connectivity index (χ1) is 13.3. The topological polar surface area (TPSA) is 66.6 Å². The van der Waals surface area contributed by atoms with Crippen molar-refractivity contribution in [1.82, 2.24) is 15.2 Å². The summed E-state index contributed by atoms with van der Waals surface area (Å²) >= 11 is 0. The molecule has 2 aliphatic rings. The minimum absolute atomic E-state index is 0.0355. The SMILES string of the molecule is CCc1cccc2c(C3=CCN(C(=O)NC[C@@H]4COCCO4)CC3)c[nH]c12. The summed E-state index contributed by atoms with van der Waals surface area (Å²) in [4.78, 5) is 17.7. The van der Waals surface area contributed by atoms with Crippen LogP contribution < -0.4 is 5.32 Å². The zero-order chi connectivity index (χ0) is 18.6. The lowest BCUT2D eigenvalue weighted by Gasteiger charge is -2.28. The lowest BCUT2D eigenvalue weighted by molar-refractivity contribution is -0.0855. The third-order valence-corrected chi connectivity index (χ3v) is 5.39. The van der Waals surface area contributed by atoms with Gasteiger partial charge in [-0.05, 0) is 24.0 Å². The zero-order valence-electron chi connectivity index (χ0n) is 15.8. The average Bonchev–Trinajstić information content (AvgIpc) is 3.17. The Labute approximate surface area is 159 Å². The van der Waals surface area contributed by atoms with Gasteiger partial charge in [-0.1, -0.05) is 31.2 Å². The normalized spacial score (nSPS) is 20.6. The van der Waals surface area contributed by atoms with Crippen LogP contribution in [0.15, 0.2) is 30.5 Å². The van der Waals surface area contributed by atoms with Gasteiger partial charge in [0.2, 0.25) is 0 Å². The number of carbonyl (C=O) groups is 1. The van der Waals surface area contributed by atoms with Crippen LogP contribution in [0.25, 0.3) is 16.5 Å². The number of para-hydroxylation sites is 1. The molecule has 2 N–H and O–H groups in total. The minimum atomic E-state index is -0.0439. The number of nitrogens with zero attached hydrogens (tertiary/aromatic N) is 1. The largest absolute Gasteiger partial charge is 0.376 e. The van der Waals surface area contributed by atoms with Crippen molar-refractivity contribution in [2.75, 3.05) is 39.5 Å². The molecule has 0 bridgehead atoms. The van der Waals surface area contributed by atoms with Crippen LogP contribution in [-0.4, -0.2) is 61.5 Å². The van der Waals surface area contributed by atoms with Crippen LogP contribution >= 0.6 is 0 Å². The highest BCUT2D eigenvalue weighted by Gasteiger charge is 2.21. The van der Waals surface area contributed by atoms with E-state index in [-0.39, 0.29) is 12.1 Å². The molecule has 0 unspecified atom stereocenters. The maximum atomic E-state index is 12.4. The van der Waals surface area contributed by atoms with E-state index in [9.17, 15) is 4.79 Å². The molecular formula is C21H27N3O3. The van der Waals surface area contributed by atoms with Crippen molar-refractivity contribution in [3.8, 4) is 0 Å². The van der Waals surface area contributed by atoms with Crippen LogP contribution in [0.5, 0.6) is 0 Å². The van der Waals surface area contributed by atoms with Gasteiger partial charge < -0.3 is 24.7 Å². The number of aromatic amines is 1. The van der Waals surface area contributed by atoms with Crippen molar-refractivity contribution < 1.29 is 14.3 Å². The Balaban J connectivity index is 1.39. The van der Waals surface area contributed by atoms with E-state index in [1.54, 1.807) is 0 Å². The highest BCUT2D eigenvalue weighted by Crippen LogP contribution is 2.30. The molecule has 6 heteroatoms. The number of carbonyl (C=O) groups excluding carboxylic acids is 1. The molecule has 3 heterocycles. The number of amides is 2. The first kappa shape index (κ1) is 18.1. The summed E-state index contributed by atoms with van der Waals surface area (Å²) in [6.45, 7) is 5.80. The van der Waals surface area contributed by atoms with Crippen molar-refractivity contribution >= 4 is 22.5 Å². The first-order valence-electron chi connectivity index (χ1n) is 9.76. The highest BCUT2D eigenvalue weighted by molar-refractivity contribution is 5.94. The van der Waals surface area contributed by atoms with Gasteiger partial charge in [-0.15, -0.1) is 0 Å². The second kappa shape index (κ2) is 8.15. The van der Waals surface area contributed by atoms with Gasteiger partial charge in [0, 0.05) is 42.3 Å². The number of fused-ring (bicyclic) bond motifs is 1. The summed E-state index contributed by atoms with van der Waals surface area (Å²) in [7, 11) is 0. The van der Waals surface area contributed by atoms with Gasteiger partial charge in [0.25, 0.3) is 0 Å². The molecule has 2 amide bonds. The molecule has 2 aliphatic heterocycles. The minimum Gasteiger partial charge on any atom is -0.376 e. The first-order valence-corrected chi connectivity index (χ1v) is 9.76. The van der Waals surface area contributed by atoms with Gasteiger partial charge in [0.15, 0.2) is 0 Å². The zero-order valence-corrected chi connectivity index (χ0v) is 15.8. The maximum Gasteiger partial charge on any atom is 0.317 e. The summed E-state index contributed by atoms with van der Waals surface area (Å²) in [5, 5.41) is 4.23. The second-order valence-electron chi connectivity index (χ2n) is 7.07. The highest BCUT2D eigenvalue weighted by atomic mass is 16.6. The third kappa shape index (κ3) is 3.87. The van der Waals surface area contributed by atoms with Gasteiger partial charge >= 0.3 is 6.03 Å². The van der Waals surface area contributed by atoms with Crippen LogP contribution in [0.3, 0.4) is 0 Å². The van der Waals surface area contributed by atoms with Gasteiger partial charge in [0.1, 0.15) is 0 Å². The average molecular weight is 369 g/mol. The maximum absolute atomic E-state index is 12.4. The molecule has 1 fully saturated rings. The number of nitrogens with one attached hydrogen (secondary N) is 2. The molecule has 27 heavy (non-hydrogen) atoms. The van der Waals surface area contributed by atoms with Crippen LogP contribution in [0.2, 0.25) is 0 Å². The Morgan fingerprint density at radius 2 is 2.30 bits per heavy atom. The lowest BCUT2D eigenvalue weighted by atomic mass is 9.98. The van der Waals surface area contributed by atoms with Crippen molar-refractivity contribution in [3.63, 3.8) is 0 Å². The number of benzene rings is 1. The lowest BCUT2D eigenvalue weighted by Crippen LogP contribution is -2.46. The Bertz CT molecular complexity index is 836. The summed E-state index contributed by atoms with van der Waals surface area (Å²) < 4.78 is 10.9. The molecule has 1 saturated heterocycles. The van der Waals surface area contributed by atoms with Crippen molar-refractivity contribution in [2.24, 2.45) is 0 Å². The smallest absolute Gasteiger partial charge is 0.317 e. The van der Waals surface area contributed by atoms with Crippen molar-refractivity contribution in [3.05, 3.63) is 41.6 Å². The Morgan fingerprint density at radius 3 is 3.04 bits per heavy atom. The van der Waals surface area contributed by atoms with E-state index in [0.29, 0.717) is 32.9 Å². The number of hydrogen-bond acceptors (Lipinski definition) is 3. The summed E-state index contributed by atoms with van der Waals surface area (Å²) in [6.07, 6.45) is 6.11. The summed E-state index contributed by atoms with van der Waals surface area (Å²) in [6, 6.07) is 6.43. The van der Waals surface area contributed by atoms with E-state index in [1.807, 2.05) is 4.90 Å². The number of aryl methyl sites for hydroxylation is 1. The molecule has 2 aromatic rings. The van der Waals surface area contributed by atoms with Gasteiger partial charge in [0.05, 0.1) is 25.9 Å². The summed E-state index contributed by atoms with van der Waals surface area (Å²) in [5.41, 5.74) is 5.13. The molecule has 1 aromatic heterocycles. The van der Waals surface area contributed by atoms with Crippen LogP contribution in [0.4, 0.5) is 4.79 Å². The molecule has 1 atom stereocenters. The molecule has 0 radical (unpaired) electrons. The van der Waals surface area contributed by atoms with Gasteiger partial charge in [-0.3, -0.25) is 0 Å². The number of urea groups is 1. The van der Waals surface area contributed by atoms with Crippen LogP contribution in [0, 0.1) is 0 Å². The number of aromatic nitrogens is 1. The van der Waals surface area contributed by atoms with E-state index >= 15 is 0 Å². The molecule has 4 rings (SSSR count). The fourth-order valence-corrected chi connectivity index (χ4v) is 3.84. The Kier molecular flexibility index (Phi) is 5.45. The van der Waals surface area contributed by atoms with Crippen LogP contribution in [0.1, 0.15) is 24.5 Å². The van der Waals surface area contributed by atoms with E-state index in [2.05, 4.69) is 47.7 Å². The predicted molar refractivity (Wildman–Crippen MR) is 106 cm³/mol. The van der Waals surface area contributed by atoms with Gasteiger partial charge in [-0.25, -0.2) is 4.79 Å². The monoisotopic (exact) mass is 369 g/mol. The second-order valence-corrected chi connectivity index (χ2v) is 7.07. The number of ether oxygens (including phenoxy) is 2. The van der Waals surface area contributed by atoms with Crippen molar-refractivity contribution in [2.45, 2.75) is 25.9 Å². The van der Waals surface area contributed by atoms with Gasteiger partial charge in [-0.2, -0.15) is 0 Å². The van der Waals surface area contributed by atoms with E-state index in [1.165, 1.54) is 27.6 Å². The number of rotatable bonds is 4. The number of H-pyrrole nitrogens is 1. The van der Waals surface area contributed by atoms with E-state index in [0.717, 1.165) is 19.4 Å².